The molecule has 0 radical (unpaired) electrons. The fourth-order valence-corrected chi connectivity index (χ4v) is 4.10. The Bertz CT molecular complexity index is 418. The Labute approximate surface area is 135 Å². The minimum Gasteiger partial charge on any atom is -0.309 e. The van der Waals surface area contributed by atoms with Crippen LogP contribution in [0.1, 0.15) is 70.9 Å². The van der Waals surface area contributed by atoms with Crippen LogP contribution in [0.2, 0.25) is 5.02 Å². The highest BCUT2D eigenvalue weighted by Gasteiger charge is 2.34. The number of hydrogen-bond acceptors (Lipinski definition) is 1. The largest absolute Gasteiger partial charge is 0.309 e. The Balaban J connectivity index is 1.99. The van der Waals surface area contributed by atoms with Crippen molar-refractivity contribution in [1.29, 1.82) is 0 Å². The van der Waals surface area contributed by atoms with E-state index >= 15 is 0 Å². The van der Waals surface area contributed by atoms with Gasteiger partial charge in [0, 0.05) is 17.6 Å². The van der Waals surface area contributed by atoms with E-state index in [1.54, 1.807) is 0 Å². The predicted octanol–water partition coefficient (Wildman–Crippen LogP) is 5.99. The Morgan fingerprint density at radius 2 is 1.76 bits per heavy atom. The second-order valence-corrected chi connectivity index (χ2v) is 7.63. The highest BCUT2D eigenvalue weighted by atomic mass is 35.5. The molecule has 0 aromatic heterocycles. The van der Waals surface area contributed by atoms with Crippen molar-refractivity contribution in [1.82, 2.24) is 5.32 Å². The second kappa shape index (κ2) is 7.65. The molecule has 1 fully saturated rings. The Morgan fingerprint density at radius 1 is 1.14 bits per heavy atom. The summed E-state index contributed by atoms with van der Waals surface area (Å²) in [6.07, 6.45) is 8.10. The molecule has 1 atom stereocenters. The molecule has 0 saturated heterocycles. The molecule has 1 aliphatic carbocycles. The molecule has 2 heteroatoms. The maximum atomic E-state index is 6.00. The zero-order chi connectivity index (χ0) is 15.3. The summed E-state index contributed by atoms with van der Waals surface area (Å²) in [4.78, 5) is 0. The van der Waals surface area contributed by atoms with Crippen LogP contribution in [0, 0.1) is 11.3 Å². The average Bonchev–Trinajstić information content (AvgIpc) is 2.89. The molecule has 0 spiro atoms. The lowest BCUT2D eigenvalue weighted by Gasteiger charge is -2.33. The van der Waals surface area contributed by atoms with Gasteiger partial charge < -0.3 is 5.32 Å². The van der Waals surface area contributed by atoms with Gasteiger partial charge in [-0.15, -0.1) is 0 Å². The third-order valence-electron chi connectivity index (χ3n) is 4.91. The van der Waals surface area contributed by atoms with Crippen molar-refractivity contribution in [3.05, 3.63) is 34.9 Å². The zero-order valence-corrected chi connectivity index (χ0v) is 14.5. The van der Waals surface area contributed by atoms with Gasteiger partial charge in [-0.3, -0.25) is 0 Å². The summed E-state index contributed by atoms with van der Waals surface area (Å²) in [5.41, 5.74) is 1.90. The van der Waals surface area contributed by atoms with Crippen molar-refractivity contribution >= 4 is 11.6 Å². The number of hydrogen-bond donors (Lipinski definition) is 1. The first kappa shape index (κ1) is 16.8. The molecule has 1 N–H and O–H groups in total. The van der Waals surface area contributed by atoms with Crippen LogP contribution in [0.4, 0.5) is 0 Å². The summed E-state index contributed by atoms with van der Waals surface area (Å²) in [6, 6.07) is 8.77. The Hall–Kier alpha value is -0.530. The van der Waals surface area contributed by atoms with Crippen molar-refractivity contribution in [3.63, 3.8) is 0 Å². The number of halogens is 1. The van der Waals surface area contributed by atoms with Crippen molar-refractivity contribution in [2.24, 2.45) is 11.3 Å². The Morgan fingerprint density at radius 3 is 2.29 bits per heavy atom. The molecule has 1 saturated carbocycles. The molecule has 118 valence electrons. The third kappa shape index (κ3) is 4.72. The third-order valence-corrected chi connectivity index (χ3v) is 5.16. The molecular formula is C19H30ClN. The fourth-order valence-electron chi connectivity index (χ4n) is 3.98. The van der Waals surface area contributed by atoms with Crippen molar-refractivity contribution in [2.45, 2.75) is 65.3 Å². The molecule has 2 rings (SSSR count). The molecule has 1 nitrogen and oxygen atoms in total. The van der Waals surface area contributed by atoms with Crippen LogP contribution >= 0.6 is 11.6 Å². The van der Waals surface area contributed by atoms with Crippen LogP contribution in [0.3, 0.4) is 0 Å². The smallest absolute Gasteiger partial charge is 0.0406 e. The van der Waals surface area contributed by atoms with Crippen LogP contribution < -0.4 is 5.32 Å². The van der Waals surface area contributed by atoms with Gasteiger partial charge in [-0.25, -0.2) is 0 Å². The first-order valence-corrected chi connectivity index (χ1v) is 8.91. The lowest BCUT2D eigenvalue weighted by molar-refractivity contribution is 0.214. The summed E-state index contributed by atoms with van der Waals surface area (Å²) in [5.74, 6) is 0.792. The van der Waals surface area contributed by atoms with E-state index in [-0.39, 0.29) is 0 Å². The van der Waals surface area contributed by atoms with E-state index in [9.17, 15) is 0 Å². The van der Waals surface area contributed by atoms with Crippen molar-refractivity contribution in [3.8, 4) is 0 Å². The van der Waals surface area contributed by atoms with Crippen LogP contribution in [0.15, 0.2) is 24.3 Å². The van der Waals surface area contributed by atoms with E-state index < -0.39 is 0 Å². The van der Waals surface area contributed by atoms with Crippen molar-refractivity contribution in [2.75, 3.05) is 6.54 Å². The topological polar surface area (TPSA) is 12.0 Å². The predicted molar refractivity (Wildman–Crippen MR) is 92.8 cm³/mol. The average molecular weight is 308 g/mol. The minimum absolute atomic E-state index is 0.451. The summed E-state index contributed by atoms with van der Waals surface area (Å²) >= 11 is 6.00. The molecule has 21 heavy (non-hydrogen) atoms. The normalized spacial score (nSPS) is 19.1. The zero-order valence-electron chi connectivity index (χ0n) is 13.8. The van der Waals surface area contributed by atoms with E-state index in [1.165, 1.54) is 37.7 Å². The van der Waals surface area contributed by atoms with E-state index in [0.717, 1.165) is 23.9 Å². The van der Waals surface area contributed by atoms with Crippen LogP contribution in [-0.4, -0.2) is 6.54 Å². The van der Waals surface area contributed by atoms with Gasteiger partial charge in [-0.1, -0.05) is 57.3 Å². The van der Waals surface area contributed by atoms with Crippen LogP contribution in [-0.2, 0) is 0 Å². The molecule has 1 aromatic carbocycles. The SMILES string of the molecule is CCC(NCC1(CC(C)C)CCCC1)c1ccc(Cl)cc1. The number of nitrogens with one attached hydrogen (secondary N) is 1. The molecule has 0 amide bonds. The molecule has 1 aliphatic rings. The van der Waals surface area contributed by atoms with Gasteiger partial charge in [0.05, 0.1) is 0 Å². The van der Waals surface area contributed by atoms with Crippen LogP contribution in [0.5, 0.6) is 0 Å². The quantitative estimate of drug-likeness (QED) is 0.652. The second-order valence-electron chi connectivity index (χ2n) is 7.20. The van der Waals surface area contributed by atoms with Gasteiger partial charge in [0.2, 0.25) is 0 Å². The monoisotopic (exact) mass is 307 g/mol. The molecule has 0 aliphatic heterocycles. The molecule has 0 bridgehead atoms. The van der Waals surface area contributed by atoms with Gasteiger partial charge in [0.15, 0.2) is 0 Å². The highest BCUT2D eigenvalue weighted by molar-refractivity contribution is 6.30. The standard InChI is InChI=1S/C19H30ClN/c1-4-18(16-7-9-17(20)10-8-16)21-14-19(13-15(2)3)11-5-6-12-19/h7-10,15,18,21H,4-6,11-14H2,1-3H3. The van der Waals surface area contributed by atoms with Gasteiger partial charge in [0.1, 0.15) is 0 Å². The van der Waals surface area contributed by atoms with Crippen molar-refractivity contribution < 1.29 is 0 Å². The highest BCUT2D eigenvalue weighted by Crippen LogP contribution is 2.43. The lowest BCUT2D eigenvalue weighted by Crippen LogP contribution is -2.35. The van der Waals surface area contributed by atoms with E-state index in [4.69, 9.17) is 11.6 Å². The number of rotatable bonds is 7. The van der Waals surface area contributed by atoms with Crippen LogP contribution in [0.25, 0.3) is 0 Å². The first-order chi connectivity index (χ1) is 10.0. The lowest BCUT2D eigenvalue weighted by atomic mass is 9.78. The number of benzene rings is 1. The minimum atomic E-state index is 0.451. The molecular weight excluding hydrogens is 278 g/mol. The maximum absolute atomic E-state index is 6.00. The van der Waals surface area contributed by atoms with Gasteiger partial charge in [0.25, 0.3) is 0 Å². The van der Waals surface area contributed by atoms with Gasteiger partial charge >= 0.3 is 0 Å². The maximum Gasteiger partial charge on any atom is 0.0406 e. The summed E-state index contributed by atoms with van der Waals surface area (Å²) in [7, 11) is 0. The molecule has 1 unspecified atom stereocenters. The van der Waals surface area contributed by atoms with E-state index in [0.29, 0.717) is 11.5 Å². The van der Waals surface area contributed by atoms with Gasteiger partial charge in [-0.05, 0) is 54.7 Å². The van der Waals surface area contributed by atoms with Gasteiger partial charge in [-0.2, -0.15) is 0 Å². The molecule has 1 aromatic rings. The van der Waals surface area contributed by atoms with E-state index in [1.807, 2.05) is 12.1 Å². The fraction of sp³-hybridized carbons (Fsp3) is 0.684. The Kier molecular flexibility index (Phi) is 6.13. The summed E-state index contributed by atoms with van der Waals surface area (Å²) in [5, 5.41) is 4.67. The summed E-state index contributed by atoms with van der Waals surface area (Å²) < 4.78 is 0. The first-order valence-electron chi connectivity index (χ1n) is 8.53. The summed E-state index contributed by atoms with van der Waals surface area (Å²) in [6.45, 7) is 8.13. The van der Waals surface area contributed by atoms with E-state index in [2.05, 4.69) is 38.2 Å². The molecule has 0 heterocycles.